The molecule has 0 bridgehead atoms. The fraction of sp³-hybridized carbons (Fsp3) is 0.250. The summed E-state index contributed by atoms with van der Waals surface area (Å²) in [5.41, 5.74) is 4.10. The number of pyridine rings is 2. The number of rotatable bonds is 3. The number of amides is 1. The van der Waals surface area contributed by atoms with Gasteiger partial charge in [-0.2, -0.15) is 26.3 Å². The average Bonchev–Trinajstić information content (AvgIpc) is 3.40. The van der Waals surface area contributed by atoms with Crippen molar-refractivity contribution in [1.82, 2.24) is 24.2 Å². The molecule has 2 N–H and O–H groups in total. The molecule has 1 saturated heterocycles. The summed E-state index contributed by atoms with van der Waals surface area (Å²) in [5.74, 6) is -6.28. The van der Waals surface area contributed by atoms with Crippen LogP contribution in [-0.2, 0) is 9.59 Å². The summed E-state index contributed by atoms with van der Waals surface area (Å²) in [6, 6.07) is 14.1. The number of alkyl halides is 6. The van der Waals surface area contributed by atoms with Crippen LogP contribution in [0.3, 0.4) is 0 Å². The van der Waals surface area contributed by atoms with E-state index in [9.17, 15) is 35.5 Å². The number of fused-ring (bicyclic) bond motifs is 1. The second-order valence-electron chi connectivity index (χ2n) is 9.42. The summed E-state index contributed by atoms with van der Waals surface area (Å²) in [7, 11) is 2.03. The van der Waals surface area contributed by atoms with Gasteiger partial charge in [0.1, 0.15) is 5.82 Å². The molecule has 10 nitrogen and oxygen atoms in total. The lowest BCUT2D eigenvalue weighted by molar-refractivity contribution is -0.193. The van der Waals surface area contributed by atoms with Crippen molar-refractivity contribution in [1.29, 1.82) is 0 Å². The molecule has 45 heavy (non-hydrogen) atoms. The highest BCUT2D eigenvalue weighted by Crippen LogP contribution is 2.29. The van der Waals surface area contributed by atoms with Gasteiger partial charge in [0.15, 0.2) is 0 Å². The molecule has 1 unspecified atom stereocenters. The van der Waals surface area contributed by atoms with E-state index >= 15 is 0 Å². The second-order valence-corrected chi connectivity index (χ2v) is 9.42. The molecule has 1 aliphatic rings. The largest absolute Gasteiger partial charge is 0.490 e. The van der Waals surface area contributed by atoms with Crippen LogP contribution in [-0.4, -0.2) is 91.3 Å². The van der Waals surface area contributed by atoms with E-state index in [2.05, 4.69) is 27.0 Å². The third-order valence-corrected chi connectivity index (χ3v) is 6.40. The number of benzene rings is 1. The fourth-order valence-corrected chi connectivity index (χ4v) is 4.14. The molecule has 17 heteroatoms. The Bertz CT molecular complexity index is 1620. The predicted octanol–water partition coefficient (Wildman–Crippen LogP) is 4.93. The van der Waals surface area contributed by atoms with Crippen LogP contribution in [0.4, 0.5) is 30.7 Å². The molecule has 1 atom stereocenters. The Hall–Kier alpha value is -5.06. The van der Waals surface area contributed by atoms with Crippen LogP contribution in [0, 0.1) is 5.82 Å². The molecule has 3 aromatic heterocycles. The molecule has 4 aromatic rings. The molecule has 1 aromatic carbocycles. The SMILES string of the molecule is CN1CCN(C(=O)c2ccccc2F)CC1c1ncn2cc(-c3cccnc3)ccc12.O=C(O)C(F)(F)F.O=C(O)C(F)(F)F. The van der Waals surface area contributed by atoms with E-state index < -0.39 is 30.1 Å². The molecule has 1 aliphatic heterocycles. The van der Waals surface area contributed by atoms with Gasteiger partial charge in [-0.3, -0.25) is 14.7 Å². The van der Waals surface area contributed by atoms with Gasteiger partial charge in [-0.15, -0.1) is 0 Å². The van der Waals surface area contributed by atoms with Gasteiger partial charge in [0.25, 0.3) is 5.91 Å². The highest BCUT2D eigenvalue weighted by atomic mass is 19.4. The minimum atomic E-state index is -5.08. The summed E-state index contributed by atoms with van der Waals surface area (Å²) >= 11 is 0. The summed E-state index contributed by atoms with van der Waals surface area (Å²) in [6.07, 6.45) is -2.74. The standard InChI is InChI=1S/C24H22FN5O.2C2HF3O2/c1-28-11-12-29(24(31)19-6-2-3-7-20(19)25)15-22(28)23-21-9-8-18(14-30(21)16-27-23)17-5-4-10-26-13-17;2*3-2(4,5)1(6)7/h2-10,13-14,16,22H,11-12,15H2,1H3;2*(H,6,7). The Morgan fingerprint density at radius 3 is 2.04 bits per heavy atom. The first-order valence-corrected chi connectivity index (χ1v) is 12.7. The van der Waals surface area contributed by atoms with E-state index in [1.807, 2.05) is 36.0 Å². The Morgan fingerprint density at radius 1 is 0.867 bits per heavy atom. The number of carbonyl (C=O) groups excluding carboxylic acids is 1. The number of piperazine rings is 1. The van der Waals surface area contributed by atoms with Crippen molar-refractivity contribution in [2.45, 2.75) is 18.4 Å². The van der Waals surface area contributed by atoms with Gasteiger partial charge in [0, 0.05) is 43.8 Å². The van der Waals surface area contributed by atoms with Crippen molar-refractivity contribution in [3.63, 3.8) is 0 Å². The maximum Gasteiger partial charge on any atom is 0.490 e. The zero-order valence-electron chi connectivity index (χ0n) is 23.1. The first kappa shape index (κ1) is 34.4. The zero-order chi connectivity index (χ0) is 33.5. The normalized spacial score (nSPS) is 15.4. The van der Waals surface area contributed by atoms with Crippen molar-refractivity contribution in [3.05, 3.63) is 90.5 Å². The summed E-state index contributed by atoms with van der Waals surface area (Å²) < 4.78 is 79.6. The van der Waals surface area contributed by atoms with E-state index in [-0.39, 0.29) is 17.5 Å². The number of carboxylic acid groups (broad SMARTS) is 2. The van der Waals surface area contributed by atoms with Crippen molar-refractivity contribution >= 4 is 23.4 Å². The number of hydrogen-bond acceptors (Lipinski definition) is 6. The fourth-order valence-electron chi connectivity index (χ4n) is 4.14. The lowest BCUT2D eigenvalue weighted by Crippen LogP contribution is -2.49. The predicted molar refractivity (Wildman–Crippen MR) is 143 cm³/mol. The minimum absolute atomic E-state index is 0.0706. The van der Waals surface area contributed by atoms with Crippen LogP contribution in [0.15, 0.2) is 73.4 Å². The van der Waals surface area contributed by atoms with E-state index in [0.29, 0.717) is 19.6 Å². The van der Waals surface area contributed by atoms with Crippen LogP contribution in [0.25, 0.3) is 16.6 Å². The van der Waals surface area contributed by atoms with Crippen LogP contribution in [0.1, 0.15) is 22.1 Å². The average molecular weight is 644 g/mol. The maximum atomic E-state index is 14.2. The molecular weight excluding hydrogens is 619 g/mol. The van der Waals surface area contributed by atoms with Crippen molar-refractivity contribution in [3.8, 4) is 11.1 Å². The van der Waals surface area contributed by atoms with Gasteiger partial charge >= 0.3 is 24.3 Å². The smallest absolute Gasteiger partial charge is 0.475 e. The van der Waals surface area contributed by atoms with E-state index in [1.165, 1.54) is 12.1 Å². The first-order valence-electron chi connectivity index (χ1n) is 12.7. The van der Waals surface area contributed by atoms with Crippen LogP contribution in [0.2, 0.25) is 0 Å². The number of imidazole rings is 1. The Balaban J connectivity index is 0.000000331. The van der Waals surface area contributed by atoms with Crippen LogP contribution in [0.5, 0.6) is 0 Å². The lowest BCUT2D eigenvalue weighted by atomic mass is 10.1. The van der Waals surface area contributed by atoms with Crippen molar-refractivity contribution in [2.75, 3.05) is 26.7 Å². The highest BCUT2D eigenvalue weighted by Gasteiger charge is 2.39. The Kier molecular flexibility index (Phi) is 10.8. The molecule has 0 saturated carbocycles. The van der Waals surface area contributed by atoms with Crippen molar-refractivity contribution < 1.29 is 55.3 Å². The molecule has 1 amide bonds. The molecule has 1 fully saturated rings. The number of aliphatic carboxylic acids is 2. The molecule has 0 aliphatic carbocycles. The van der Waals surface area contributed by atoms with Gasteiger partial charge in [0.05, 0.1) is 29.1 Å². The van der Waals surface area contributed by atoms with Gasteiger partial charge in [-0.05, 0) is 36.9 Å². The number of likely N-dealkylation sites (N-methyl/N-ethyl adjacent to an activating group) is 1. The van der Waals surface area contributed by atoms with E-state index in [0.717, 1.165) is 22.3 Å². The summed E-state index contributed by atoms with van der Waals surface area (Å²) in [5, 5.41) is 14.2. The number of halogens is 7. The summed E-state index contributed by atoms with van der Waals surface area (Å²) in [4.78, 5) is 43.5. The Morgan fingerprint density at radius 2 is 1.49 bits per heavy atom. The molecular formula is C28H24F7N5O5. The van der Waals surface area contributed by atoms with Crippen LogP contribution < -0.4 is 0 Å². The number of carboxylic acids is 2. The highest BCUT2D eigenvalue weighted by molar-refractivity contribution is 5.94. The molecule has 0 spiro atoms. The van der Waals surface area contributed by atoms with Crippen LogP contribution >= 0.6 is 0 Å². The van der Waals surface area contributed by atoms with Gasteiger partial charge < -0.3 is 19.5 Å². The zero-order valence-corrected chi connectivity index (χ0v) is 23.1. The third-order valence-electron chi connectivity index (χ3n) is 6.40. The molecule has 4 heterocycles. The number of nitrogens with zero attached hydrogens (tertiary/aromatic N) is 5. The molecule has 5 rings (SSSR count). The lowest BCUT2D eigenvalue weighted by Gasteiger charge is -2.39. The number of carbonyl (C=O) groups is 3. The second kappa shape index (κ2) is 14.1. The minimum Gasteiger partial charge on any atom is -0.475 e. The molecule has 0 radical (unpaired) electrons. The van der Waals surface area contributed by atoms with Gasteiger partial charge in [-0.1, -0.05) is 24.3 Å². The number of aromatic nitrogens is 3. The molecule has 240 valence electrons. The Labute approximate surface area is 250 Å². The first-order chi connectivity index (χ1) is 21.0. The third kappa shape index (κ3) is 8.98. The quantitative estimate of drug-likeness (QED) is 0.301. The summed E-state index contributed by atoms with van der Waals surface area (Å²) in [6.45, 7) is 1.70. The topological polar surface area (TPSA) is 128 Å². The maximum absolute atomic E-state index is 14.2. The van der Waals surface area contributed by atoms with E-state index in [1.54, 1.807) is 29.6 Å². The van der Waals surface area contributed by atoms with Gasteiger partial charge in [-0.25, -0.2) is 19.0 Å². The van der Waals surface area contributed by atoms with Gasteiger partial charge in [0.2, 0.25) is 0 Å². The van der Waals surface area contributed by atoms with Crippen molar-refractivity contribution in [2.24, 2.45) is 0 Å². The monoisotopic (exact) mass is 643 g/mol. The number of hydrogen-bond donors (Lipinski definition) is 2. The van der Waals surface area contributed by atoms with E-state index in [4.69, 9.17) is 19.8 Å².